The van der Waals surface area contributed by atoms with Crippen molar-refractivity contribution >= 4 is 35.7 Å². The van der Waals surface area contributed by atoms with Crippen LogP contribution in [0.2, 0.25) is 0 Å². The number of hydrogen-bond acceptors (Lipinski definition) is 2. The van der Waals surface area contributed by atoms with Crippen molar-refractivity contribution in [2.75, 3.05) is 0 Å². The summed E-state index contributed by atoms with van der Waals surface area (Å²) in [7, 11) is 0. The van der Waals surface area contributed by atoms with Gasteiger partial charge in [-0.25, -0.2) is 0 Å². The van der Waals surface area contributed by atoms with Crippen LogP contribution in [0.1, 0.15) is 20.8 Å². The third-order valence-corrected chi connectivity index (χ3v) is 0. The summed E-state index contributed by atoms with van der Waals surface area (Å²) in [6.45, 7) is 4.14. The number of halogens is 1. The van der Waals surface area contributed by atoms with E-state index in [1.54, 1.807) is 0 Å². The zero-order valence-electron chi connectivity index (χ0n) is 5.67. The van der Waals surface area contributed by atoms with E-state index in [1.807, 2.05) is 0 Å². The quantitative estimate of drug-likeness (QED) is 0.655. The molecule has 0 fully saturated rings. The van der Waals surface area contributed by atoms with Gasteiger partial charge >= 0.3 is 0 Å². The van der Waals surface area contributed by atoms with Crippen molar-refractivity contribution in [3.05, 3.63) is 0 Å². The van der Waals surface area contributed by atoms with Crippen molar-refractivity contribution in [3.8, 4) is 0 Å². The van der Waals surface area contributed by atoms with Crippen LogP contribution < -0.4 is 0 Å². The number of aliphatic carboxylic acids is 1. The lowest BCUT2D eigenvalue weighted by atomic mass is 10.6. The fraction of sp³-hybridized carbons (Fsp3) is 0.600. The lowest BCUT2D eigenvalue weighted by Crippen LogP contribution is -1.78. The van der Waals surface area contributed by atoms with Crippen LogP contribution in [-0.2, 0) is 9.59 Å². The molecule has 0 heterocycles. The molecule has 0 radical (unpaired) electrons. The standard InChI is InChI=1S/C3H6O.C2H4O2.HI/c1-3(2)4;1-2(3)4;/h1-2H3;1H3,(H,3,4);1H. The van der Waals surface area contributed by atoms with Gasteiger partial charge in [-0.3, -0.25) is 4.79 Å². The number of Topliss-reactive ketones (excluding diaryl/α,β-unsaturated/α-hetero) is 1. The Bertz CT molecular complexity index is 70.2. The van der Waals surface area contributed by atoms with Gasteiger partial charge in [-0.15, -0.1) is 24.0 Å². The van der Waals surface area contributed by atoms with E-state index in [4.69, 9.17) is 9.90 Å². The third kappa shape index (κ3) is 16000. The Morgan fingerprint density at radius 3 is 1.11 bits per heavy atom. The molecular formula is C5H11IO3. The van der Waals surface area contributed by atoms with Crippen LogP contribution in [0.3, 0.4) is 0 Å². The molecule has 0 atom stereocenters. The molecule has 0 unspecified atom stereocenters. The van der Waals surface area contributed by atoms with Gasteiger partial charge < -0.3 is 9.90 Å². The van der Waals surface area contributed by atoms with E-state index in [0.29, 0.717) is 0 Å². The number of carbonyl (C=O) groups excluding carboxylic acids is 1. The molecule has 0 aromatic rings. The molecule has 0 rings (SSSR count). The molecule has 0 aromatic heterocycles. The molecule has 0 aliphatic carbocycles. The van der Waals surface area contributed by atoms with Gasteiger partial charge in [-0.1, -0.05) is 0 Å². The highest BCUT2D eigenvalue weighted by Gasteiger charge is 1.65. The van der Waals surface area contributed by atoms with Crippen LogP contribution in [0.25, 0.3) is 0 Å². The summed E-state index contributed by atoms with van der Waals surface area (Å²) in [5.41, 5.74) is 0. The maximum atomic E-state index is 9.44. The maximum absolute atomic E-state index is 9.44. The van der Waals surface area contributed by atoms with Crippen molar-refractivity contribution in [1.29, 1.82) is 0 Å². The summed E-state index contributed by atoms with van der Waals surface area (Å²) in [6.07, 6.45) is 0. The van der Waals surface area contributed by atoms with Crippen molar-refractivity contribution < 1.29 is 14.7 Å². The van der Waals surface area contributed by atoms with Gasteiger partial charge in [0.05, 0.1) is 0 Å². The van der Waals surface area contributed by atoms with Crippen LogP contribution in [0, 0.1) is 0 Å². The lowest BCUT2D eigenvalue weighted by molar-refractivity contribution is -0.134. The van der Waals surface area contributed by atoms with E-state index in [9.17, 15) is 4.79 Å². The normalized spacial score (nSPS) is 5.67. The molecule has 0 aromatic carbocycles. The summed E-state index contributed by atoms with van der Waals surface area (Å²) >= 11 is 0. The SMILES string of the molecule is CC(=O)O.CC(C)=O.I. The predicted molar refractivity (Wildman–Crippen MR) is 45.1 cm³/mol. The summed E-state index contributed by atoms with van der Waals surface area (Å²) in [5.74, 6) is -0.667. The minimum Gasteiger partial charge on any atom is -0.481 e. The summed E-state index contributed by atoms with van der Waals surface area (Å²) < 4.78 is 0. The first-order chi connectivity index (χ1) is 3.46. The van der Waals surface area contributed by atoms with Crippen LogP contribution in [0.4, 0.5) is 0 Å². The highest BCUT2D eigenvalue weighted by atomic mass is 127. The summed E-state index contributed by atoms with van der Waals surface area (Å²) in [5, 5.41) is 7.42. The fourth-order valence-corrected chi connectivity index (χ4v) is 0. The first-order valence-electron chi connectivity index (χ1n) is 2.13. The Morgan fingerprint density at radius 2 is 1.11 bits per heavy atom. The van der Waals surface area contributed by atoms with Crippen LogP contribution in [0.15, 0.2) is 0 Å². The minimum absolute atomic E-state index is 0. The molecule has 0 amide bonds. The Hall–Kier alpha value is -0.130. The third-order valence-electron chi connectivity index (χ3n) is 0. The van der Waals surface area contributed by atoms with Crippen molar-refractivity contribution in [3.63, 3.8) is 0 Å². The highest BCUT2D eigenvalue weighted by Crippen LogP contribution is 1.50. The average molecular weight is 246 g/mol. The molecule has 0 spiro atoms. The number of carbonyl (C=O) groups is 2. The van der Waals surface area contributed by atoms with E-state index in [0.717, 1.165) is 6.92 Å². The number of hydrogen-bond donors (Lipinski definition) is 1. The van der Waals surface area contributed by atoms with Crippen LogP contribution >= 0.6 is 24.0 Å². The number of carboxylic acid groups (broad SMARTS) is 1. The van der Waals surface area contributed by atoms with Gasteiger partial charge in [-0.05, 0) is 13.8 Å². The Morgan fingerprint density at radius 1 is 1.11 bits per heavy atom. The summed E-state index contributed by atoms with van der Waals surface area (Å²) in [6, 6.07) is 0. The monoisotopic (exact) mass is 246 g/mol. The molecular weight excluding hydrogens is 235 g/mol. The zero-order valence-corrected chi connectivity index (χ0v) is 8.00. The van der Waals surface area contributed by atoms with E-state index in [2.05, 4.69) is 0 Å². The number of ketones is 1. The van der Waals surface area contributed by atoms with Gasteiger partial charge in [0.25, 0.3) is 5.97 Å². The molecule has 56 valence electrons. The number of rotatable bonds is 0. The van der Waals surface area contributed by atoms with Crippen molar-refractivity contribution in [2.45, 2.75) is 20.8 Å². The second-order valence-corrected chi connectivity index (χ2v) is 1.43. The first-order valence-corrected chi connectivity index (χ1v) is 2.13. The average Bonchev–Trinajstić information content (AvgIpc) is 1.25. The Kier molecular flexibility index (Phi) is 19.1. The molecule has 0 saturated heterocycles. The molecule has 0 saturated carbocycles. The van der Waals surface area contributed by atoms with Gasteiger partial charge in [0.1, 0.15) is 5.78 Å². The topological polar surface area (TPSA) is 54.4 Å². The fourth-order valence-electron chi connectivity index (χ4n) is 0. The largest absolute Gasteiger partial charge is 0.481 e. The van der Waals surface area contributed by atoms with Gasteiger partial charge in [0, 0.05) is 6.92 Å². The smallest absolute Gasteiger partial charge is 0.300 e. The zero-order chi connectivity index (χ0) is 7.15. The Balaban J connectivity index is -0.0000000720. The molecule has 1 N–H and O–H groups in total. The van der Waals surface area contributed by atoms with Gasteiger partial charge in [0.15, 0.2) is 0 Å². The van der Waals surface area contributed by atoms with E-state index < -0.39 is 5.97 Å². The molecule has 0 aliphatic rings. The molecule has 0 aliphatic heterocycles. The minimum atomic E-state index is -0.833. The molecule has 3 nitrogen and oxygen atoms in total. The van der Waals surface area contributed by atoms with Crippen molar-refractivity contribution in [2.24, 2.45) is 0 Å². The summed E-state index contributed by atoms with van der Waals surface area (Å²) in [4.78, 5) is 18.4. The van der Waals surface area contributed by atoms with Crippen molar-refractivity contribution in [1.82, 2.24) is 0 Å². The van der Waals surface area contributed by atoms with Gasteiger partial charge in [-0.2, -0.15) is 0 Å². The maximum Gasteiger partial charge on any atom is 0.300 e. The van der Waals surface area contributed by atoms with Gasteiger partial charge in [0.2, 0.25) is 0 Å². The van der Waals surface area contributed by atoms with E-state index in [-0.39, 0.29) is 29.8 Å². The molecule has 4 heteroatoms. The lowest BCUT2D eigenvalue weighted by Gasteiger charge is -1.59. The van der Waals surface area contributed by atoms with E-state index in [1.165, 1.54) is 13.8 Å². The Labute approximate surface area is 71.5 Å². The number of carboxylic acids is 1. The second kappa shape index (κ2) is 10.8. The van der Waals surface area contributed by atoms with E-state index >= 15 is 0 Å². The molecule has 0 bridgehead atoms. The highest BCUT2D eigenvalue weighted by molar-refractivity contribution is 14.0. The second-order valence-electron chi connectivity index (χ2n) is 1.43. The predicted octanol–water partition coefficient (Wildman–Crippen LogP) is 1.30. The first kappa shape index (κ1) is 15.9. The van der Waals surface area contributed by atoms with Crippen LogP contribution in [-0.4, -0.2) is 16.9 Å². The van der Waals surface area contributed by atoms with Crippen LogP contribution in [0.5, 0.6) is 0 Å². The molecule has 9 heavy (non-hydrogen) atoms.